The summed E-state index contributed by atoms with van der Waals surface area (Å²) >= 11 is 0. The molecule has 0 saturated heterocycles. The highest BCUT2D eigenvalue weighted by molar-refractivity contribution is 5.78. The van der Waals surface area contributed by atoms with E-state index in [4.69, 9.17) is 0 Å². The van der Waals surface area contributed by atoms with Crippen molar-refractivity contribution in [1.82, 2.24) is 5.32 Å². The molecule has 1 amide bonds. The molecule has 2 aromatic rings. The van der Waals surface area contributed by atoms with Crippen LogP contribution in [0, 0.1) is 6.92 Å². The van der Waals surface area contributed by atoms with Crippen LogP contribution in [0.3, 0.4) is 0 Å². The van der Waals surface area contributed by atoms with Gasteiger partial charge in [0.05, 0.1) is 6.10 Å². The minimum absolute atomic E-state index is 0.0663. The zero-order valence-electron chi connectivity index (χ0n) is 14.8. The molecule has 0 radical (unpaired) electrons. The predicted molar refractivity (Wildman–Crippen MR) is 100 cm³/mol. The zero-order valence-corrected chi connectivity index (χ0v) is 14.8. The van der Waals surface area contributed by atoms with Crippen molar-refractivity contribution in [2.24, 2.45) is 0 Å². The van der Waals surface area contributed by atoms with Crippen LogP contribution in [0.1, 0.15) is 54.7 Å². The van der Waals surface area contributed by atoms with Gasteiger partial charge in [0.2, 0.25) is 5.91 Å². The summed E-state index contributed by atoms with van der Waals surface area (Å²) in [5, 5.41) is 12.8. The lowest BCUT2D eigenvalue weighted by atomic mass is 9.85. The summed E-state index contributed by atoms with van der Waals surface area (Å²) in [7, 11) is 0. The van der Waals surface area contributed by atoms with Crippen molar-refractivity contribution in [3.63, 3.8) is 0 Å². The smallest absolute Gasteiger partial charge is 0.221 e. The maximum absolute atomic E-state index is 12.7. The van der Waals surface area contributed by atoms with Crippen LogP contribution in [0.5, 0.6) is 0 Å². The van der Waals surface area contributed by atoms with E-state index >= 15 is 0 Å². The van der Waals surface area contributed by atoms with Gasteiger partial charge in [-0.2, -0.15) is 0 Å². The number of carbonyl (C=O) groups excluding carboxylic acids is 1. The second-order valence-electron chi connectivity index (χ2n) is 7.10. The van der Waals surface area contributed by atoms with Crippen molar-refractivity contribution >= 4 is 5.91 Å². The third-order valence-corrected chi connectivity index (χ3v) is 5.22. The van der Waals surface area contributed by atoms with E-state index in [0.717, 1.165) is 25.7 Å². The summed E-state index contributed by atoms with van der Waals surface area (Å²) in [6.07, 6.45) is 3.56. The highest BCUT2D eigenvalue weighted by Crippen LogP contribution is 2.30. The number of aliphatic hydroxyl groups is 1. The van der Waals surface area contributed by atoms with Gasteiger partial charge >= 0.3 is 0 Å². The number of rotatable bonds is 5. The molecule has 0 aliphatic heterocycles. The summed E-state index contributed by atoms with van der Waals surface area (Å²) in [4.78, 5) is 12.7. The average molecular weight is 337 g/mol. The fourth-order valence-corrected chi connectivity index (χ4v) is 3.76. The van der Waals surface area contributed by atoms with Crippen LogP contribution in [0.25, 0.3) is 0 Å². The first kappa shape index (κ1) is 17.7. The largest absolute Gasteiger partial charge is 0.393 e. The highest BCUT2D eigenvalue weighted by Gasteiger charge is 2.24. The Hall–Kier alpha value is -2.13. The predicted octanol–water partition coefficient (Wildman–Crippen LogP) is 3.94. The molecule has 132 valence electrons. The third-order valence-electron chi connectivity index (χ3n) is 5.22. The number of carbonyl (C=O) groups is 1. The monoisotopic (exact) mass is 337 g/mol. The number of hydrogen-bond acceptors (Lipinski definition) is 2. The molecular weight excluding hydrogens is 310 g/mol. The minimum Gasteiger partial charge on any atom is -0.393 e. The van der Waals surface area contributed by atoms with Crippen LogP contribution in [0.2, 0.25) is 0 Å². The van der Waals surface area contributed by atoms with Crippen LogP contribution < -0.4 is 5.32 Å². The molecule has 2 N–H and O–H groups in total. The normalized spacial score (nSPS) is 21.5. The van der Waals surface area contributed by atoms with Crippen LogP contribution in [-0.4, -0.2) is 23.2 Å². The van der Waals surface area contributed by atoms with Crippen LogP contribution in [0.4, 0.5) is 0 Å². The molecule has 1 aliphatic carbocycles. The van der Waals surface area contributed by atoms with Crippen LogP contribution in [0.15, 0.2) is 54.6 Å². The molecule has 3 rings (SSSR count). The molecule has 0 unspecified atom stereocenters. The van der Waals surface area contributed by atoms with Crippen molar-refractivity contribution in [3.05, 3.63) is 71.3 Å². The lowest BCUT2D eigenvalue weighted by molar-refractivity contribution is -0.122. The molecule has 2 aromatic carbocycles. The van der Waals surface area contributed by atoms with Crippen molar-refractivity contribution < 1.29 is 9.90 Å². The van der Waals surface area contributed by atoms with Gasteiger partial charge in [0.1, 0.15) is 0 Å². The maximum Gasteiger partial charge on any atom is 0.221 e. The Bertz CT molecular complexity index is 690. The zero-order chi connectivity index (χ0) is 17.6. The molecule has 3 nitrogen and oxygen atoms in total. The lowest BCUT2D eigenvalue weighted by Gasteiger charge is -2.27. The van der Waals surface area contributed by atoms with Gasteiger partial charge in [-0.1, -0.05) is 54.6 Å². The van der Waals surface area contributed by atoms with Crippen LogP contribution >= 0.6 is 0 Å². The Labute approximate surface area is 150 Å². The summed E-state index contributed by atoms with van der Waals surface area (Å²) < 4.78 is 0. The third kappa shape index (κ3) is 4.70. The van der Waals surface area contributed by atoms with Gasteiger partial charge in [-0.05, 0) is 49.3 Å². The molecule has 0 bridgehead atoms. The van der Waals surface area contributed by atoms with Crippen molar-refractivity contribution in [3.8, 4) is 0 Å². The minimum atomic E-state index is -0.197. The molecule has 1 saturated carbocycles. The molecule has 25 heavy (non-hydrogen) atoms. The molecule has 1 atom stereocenters. The summed E-state index contributed by atoms with van der Waals surface area (Å²) in [6, 6.07) is 18.8. The molecule has 0 heterocycles. The molecule has 0 aromatic heterocycles. The van der Waals surface area contributed by atoms with Gasteiger partial charge in [-0.25, -0.2) is 0 Å². The summed E-state index contributed by atoms with van der Waals surface area (Å²) in [6.45, 7) is 2.10. The van der Waals surface area contributed by atoms with Gasteiger partial charge in [0.15, 0.2) is 0 Å². The average Bonchev–Trinajstić information content (AvgIpc) is 2.63. The second-order valence-corrected chi connectivity index (χ2v) is 7.10. The summed E-state index contributed by atoms with van der Waals surface area (Å²) in [5.41, 5.74) is 3.60. The number of hydrogen-bond donors (Lipinski definition) is 2. The van der Waals surface area contributed by atoms with E-state index < -0.39 is 0 Å². The molecule has 1 fully saturated rings. The van der Waals surface area contributed by atoms with E-state index in [2.05, 4.69) is 36.5 Å². The molecule has 3 heteroatoms. The Balaban J connectivity index is 1.74. The Morgan fingerprint density at radius 3 is 2.36 bits per heavy atom. The first-order chi connectivity index (χ1) is 12.1. The van der Waals surface area contributed by atoms with Gasteiger partial charge in [0, 0.05) is 18.4 Å². The van der Waals surface area contributed by atoms with Crippen molar-refractivity contribution in [2.75, 3.05) is 0 Å². The van der Waals surface area contributed by atoms with Gasteiger partial charge in [0.25, 0.3) is 0 Å². The summed E-state index contributed by atoms with van der Waals surface area (Å²) in [5.74, 6) is 0.162. The number of amides is 1. The number of aliphatic hydroxyl groups excluding tert-OH is 1. The topological polar surface area (TPSA) is 49.3 Å². The van der Waals surface area contributed by atoms with Gasteiger partial charge < -0.3 is 10.4 Å². The van der Waals surface area contributed by atoms with Crippen molar-refractivity contribution in [2.45, 2.75) is 57.1 Å². The van der Waals surface area contributed by atoms with E-state index in [1.807, 2.05) is 30.3 Å². The lowest BCUT2D eigenvalue weighted by Crippen LogP contribution is -2.39. The number of nitrogens with one attached hydrogen (secondary N) is 1. The number of benzene rings is 2. The Morgan fingerprint density at radius 2 is 1.68 bits per heavy atom. The van der Waals surface area contributed by atoms with Crippen molar-refractivity contribution in [1.29, 1.82) is 0 Å². The highest BCUT2D eigenvalue weighted by atomic mass is 16.3. The van der Waals surface area contributed by atoms with Crippen LogP contribution in [-0.2, 0) is 4.79 Å². The quantitative estimate of drug-likeness (QED) is 0.868. The molecular formula is C22H27NO2. The van der Waals surface area contributed by atoms with Gasteiger partial charge in [-0.3, -0.25) is 4.79 Å². The first-order valence-corrected chi connectivity index (χ1v) is 9.21. The molecule has 0 spiro atoms. The van der Waals surface area contributed by atoms with E-state index in [-0.39, 0.29) is 24.0 Å². The van der Waals surface area contributed by atoms with E-state index in [1.54, 1.807) is 0 Å². The Morgan fingerprint density at radius 1 is 1.04 bits per heavy atom. The fourth-order valence-electron chi connectivity index (χ4n) is 3.76. The Kier molecular flexibility index (Phi) is 5.87. The maximum atomic E-state index is 12.7. The number of aryl methyl sites for hydroxylation is 1. The SMILES string of the molecule is Cc1ccccc1[C@H](CC(=O)NC1CCC(O)CC1)c1ccccc1. The van der Waals surface area contributed by atoms with Gasteiger partial charge in [-0.15, -0.1) is 0 Å². The van der Waals surface area contributed by atoms with E-state index in [0.29, 0.717) is 6.42 Å². The molecule has 1 aliphatic rings. The van der Waals surface area contributed by atoms with E-state index in [9.17, 15) is 9.90 Å². The first-order valence-electron chi connectivity index (χ1n) is 9.21. The second kappa shape index (κ2) is 8.30. The standard InChI is InChI=1S/C22H27NO2/c1-16-7-5-6-10-20(16)21(17-8-3-2-4-9-17)15-22(25)23-18-11-13-19(24)14-12-18/h2-10,18-19,21,24H,11-15H2,1H3,(H,23,25)/t18?,19?,21-/m1/s1. The fraction of sp³-hybridized carbons (Fsp3) is 0.409. The van der Waals surface area contributed by atoms with E-state index in [1.165, 1.54) is 16.7 Å².